The van der Waals surface area contributed by atoms with Crippen LogP contribution in [0, 0.1) is 0 Å². The smallest absolute Gasteiger partial charge is 0.233 e. The highest BCUT2D eigenvalue weighted by Gasteiger charge is 2.33. The minimum Gasteiger partial charge on any atom is -0.233 e. The Morgan fingerprint density at radius 1 is 1.36 bits per heavy atom. The van der Waals surface area contributed by atoms with Crippen molar-refractivity contribution in [2.75, 3.05) is 0 Å². The van der Waals surface area contributed by atoms with Crippen LogP contribution in [0.2, 0.25) is 0 Å². The second-order valence-electron chi connectivity index (χ2n) is 1.80. The topological polar surface area (TPSA) is 12.4 Å². The van der Waals surface area contributed by atoms with Crippen molar-refractivity contribution in [2.45, 2.75) is 20.0 Å². The van der Waals surface area contributed by atoms with Gasteiger partial charge in [0.2, 0.25) is 5.95 Å². The van der Waals surface area contributed by atoms with Gasteiger partial charge in [-0.3, -0.25) is 0 Å². The van der Waals surface area contributed by atoms with Crippen molar-refractivity contribution in [2.24, 2.45) is 4.99 Å². The third-order valence-electron chi connectivity index (χ3n) is 0.977. The van der Waals surface area contributed by atoms with Crippen LogP contribution in [-0.4, -0.2) is 12.4 Å². The highest BCUT2D eigenvalue weighted by atomic mass is 19.4. The highest BCUT2D eigenvalue weighted by molar-refractivity contribution is 5.55. The normalized spacial score (nSPS) is 15.5. The van der Waals surface area contributed by atoms with Gasteiger partial charge in [0.1, 0.15) is 0 Å². The van der Waals surface area contributed by atoms with Crippen LogP contribution < -0.4 is 0 Å². The zero-order chi connectivity index (χ0) is 9.07. The molecule has 0 aromatic rings. The van der Waals surface area contributed by atoms with Crippen molar-refractivity contribution < 1.29 is 17.6 Å². The molecule has 0 aliphatic rings. The molecule has 0 N–H and O–H groups in total. The summed E-state index contributed by atoms with van der Waals surface area (Å²) in [5, 5.41) is 0. The Kier molecular flexibility index (Phi) is 3.22. The van der Waals surface area contributed by atoms with E-state index in [-0.39, 0.29) is 0 Å². The van der Waals surface area contributed by atoms with Crippen LogP contribution >= 0.6 is 0 Å². The summed E-state index contributed by atoms with van der Waals surface area (Å²) in [6.45, 7) is 1.98. The van der Waals surface area contributed by atoms with Gasteiger partial charge in [0, 0.05) is 6.21 Å². The van der Waals surface area contributed by atoms with E-state index in [4.69, 9.17) is 0 Å². The molecule has 0 unspecified atom stereocenters. The van der Waals surface area contributed by atoms with E-state index >= 15 is 0 Å². The molecular weight excluding hydrogens is 162 g/mol. The second kappa shape index (κ2) is 3.50. The Bertz CT molecular complexity index is 189. The SMILES string of the molecule is C/C=N/C(F)=C(/C)C(F)(F)F. The molecule has 0 rings (SSSR count). The van der Waals surface area contributed by atoms with Gasteiger partial charge in [-0.1, -0.05) is 0 Å². The summed E-state index contributed by atoms with van der Waals surface area (Å²) in [4.78, 5) is 2.86. The van der Waals surface area contributed by atoms with E-state index in [0.29, 0.717) is 6.92 Å². The number of hydrogen-bond donors (Lipinski definition) is 0. The van der Waals surface area contributed by atoms with Crippen molar-refractivity contribution in [1.29, 1.82) is 0 Å². The summed E-state index contributed by atoms with van der Waals surface area (Å²) in [6, 6.07) is 0. The lowest BCUT2D eigenvalue weighted by Gasteiger charge is -2.04. The molecule has 0 bridgehead atoms. The van der Waals surface area contributed by atoms with Crippen LogP contribution in [-0.2, 0) is 0 Å². The van der Waals surface area contributed by atoms with Gasteiger partial charge in [0.05, 0.1) is 5.57 Å². The molecule has 5 heteroatoms. The standard InChI is InChI=1S/C6H7F4N/c1-3-11-5(7)4(2)6(8,9)10/h3H,1-2H3/b5-4-,11-3+. The van der Waals surface area contributed by atoms with Gasteiger partial charge in [-0.25, -0.2) is 4.99 Å². The van der Waals surface area contributed by atoms with Gasteiger partial charge < -0.3 is 0 Å². The Hall–Kier alpha value is -0.870. The van der Waals surface area contributed by atoms with Gasteiger partial charge in [-0.15, -0.1) is 0 Å². The molecule has 64 valence electrons. The van der Waals surface area contributed by atoms with E-state index in [1.807, 2.05) is 0 Å². The van der Waals surface area contributed by atoms with Crippen molar-refractivity contribution in [3.05, 3.63) is 11.5 Å². The first-order valence-electron chi connectivity index (χ1n) is 2.82. The predicted octanol–water partition coefficient (Wildman–Crippen LogP) is 2.84. The predicted molar refractivity (Wildman–Crippen MR) is 34.0 cm³/mol. The molecular formula is C6H7F4N. The summed E-state index contributed by atoms with van der Waals surface area (Å²) < 4.78 is 47.2. The van der Waals surface area contributed by atoms with Crippen LogP contribution in [0.25, 0.3) is 0 Å². The fourth-order valence-corrected chi connectivity index (χ4v) is 0.327. The Morgan fingerprint density at radius 3 is 2.09 bits per heavy atom. The van der Waals surface area contributed by atoms with Crippen LogP contribution in [0.1, 0.15) is 13.8 Å². The van der Waals surface area contributed by atoms with E-state index in [9.17, 15) is 17.6 Å². The molecule has 0 heterocycles. The maximum absolute atomic E-state index is 12.3. The van der Waals surface area contributed by atoms with Crippen molar-refractivity contribution in [3.63, 3.8) is 0 Å². The molecule has 0 spiro atoms. The van der Waals surface area contributed by atoms with Crippen LogP contribution in [0.5, 0.6) is 0 Å². The van der Waals surface area contributed by atoms with Crippen molar-refractivity contribution in [1.82, 2.24) is 0 Å². The van der Waals surface area contributed by atoms with Gasteiger partial charge in [-0.2, -0.15) is 17.6 Å². The summed E-state index contributed by atoms with van der Waals surface area (Å²) in [5.74, 6) is -1.49. The number of rotatable bonds is 1. The molecule has 11 heavy (non-hydrogen) atoms. The number of allylic oxidation sites excluding steroid dienone is 1. The first-order valence-corrected chi connectivity index (χ1v) is 2.82. The Labute approximate surface area is 61.4 Å². The maximum Gasteiger partial charge on any atom is 0.416 e. The number of aliphatic imine (C=N–C) groups is 1. The molecule has 0 aromatic heterocycles. The number of halogens is 4. The van der Waals surface area contributed by atoms with Crippen molar-refractivity contribution >= 4 is 6.21 Å². The monoisotopic (exact) mass is 169 g/mol. The molecule has 0 radical (unpaired) electrons. The first kappa shape index (κ1) is 10.1. The summed E-state index contributed by atoms with van der Waals surface area (Å²) in [5.41, 5.74) is -1.31. The number of alkyl halides is 3. The third kappa shape index (κ3) is 3.15. The molecule has 0 amide bonds. The minimum atomic E-state index is -4.63. The van der Waals surface area contributed by atoms with Gasteiger partial charge in [0.15, 0.2) is 0 Å². The molecule has 0 atom stereocenters. The van der Waals surface area contributed by atoms with Crippen LogP contribution in [0.4, 0.5) is 17.6 Å². The number of hydrogen-bond acceptors (Lipinski definition) is 1. The summed E-state index contributed by atoms with van der Waals surface area (Å²) in [6.07, 6.45) is -3.67. The van der Waals surface area contributed by atoms with E-state index < -0.39 is 17.7 Å². The molecule has 0 fully saturated rings. The molecule has 0 aliphatic heterocycles. The maximum atomic E-state index is 12.3. The van der Waals surface area contributed by atoms with Crippen molar-refractivity contribution in [3.8, 4) is 0 Å². The fourth-order valence-electron chi connectivity index (χ4n) is 0.327. The van der Waals surface area contributed by atoms with Crippen LogP contribution in [0.15, 0.2) is 16.5 Å². The Balaban J connectivity index is 4.67. The third-order valence-corrected chi connectivity index (χ3v) is 0.977. The fraction of sp³-hybridized carbons (Fsp3) is 0.500. The summed E-state index contributed by atoms with van der Waals surface area (Å²) in [7, 11) is 0. The zero-order valence-corrected chi connectivity index (χ0v) is 6.04. The van der Waals surface area contributed by atoms with E-state index in [1.165, 1.54) is 6.92 Å². The molecule has 0 saturated heterocycles. The quantitative estimate of drug-likeness (QED) is 0.325. The first-order chi connectivity index (χ1) is 4.89. The minimum absolute atomic E-state index is 0.641. The second-order valence-corrected chi connectivity index (χ2v) is 1.80. The molecule has 0 aliphatic carbocycles. The highest BCUT2D eigenvalue weighted by Crippen LogP contribution is 2.28. The zero-order valence-electron chi connectivity index (χ0n) is 6.04. The lowest BCUT2D eigenvalue weighted by molar-refractivity contribution is -0.0932. The van der Waals surface area contributed by atoms with E-state index in [2.05, 4.69) is 4.99 Å². The lowest BCUT2D eigenvalue weighted by atomic mass is 10.3. The van der Waals surface area contributed by atoms with Gasteiger partial charge in [-0.05, 0) is 13.8 Å². The van der Waals surface area contributed by atoms with Crippen LogP contribution in [0.3, 0.4) is 0 Å². The van der Waals surface area contributed by atoms with E-state index in [1.54, 1.807) is 0 Å². The Morgan fingerprint density at radius 2 is 1.82 bits per heavy atom. The average molecular weight is 169 g/mol. The molecule has 0 saturated carbocycles. The molecule has 0 aromatic carbocycles. The lowest BCUT2D eigenvalue weighted by Crippen LogP contribution is -2.10. The van der Waals surface area contributed by atoms with Gasteiger partial charge >= 0.3 is 6.18 Å². The average Bonchev–Trinajstić information content (AvgIpc) is 1.85. The molecule has 1 nitrogen and oxygen atoms in total. The van der Waals surface area contributed by atoms with Gasteiger partial charge in [0.25, 0.3) is 0 Å². The number of nitrogens with zero attached hydrogens (tertiary/aromatic N) is 1. The van der Waals surface area contributed by atoms with E-state index in [0.717, 1.165) is 6.21 Å². The largest absolute Gasteiger partial charge is 0.416 e. The summed E-state index contributed by atoms with van der Waals surface area (Å²) >= 11 is 0.